The second-order valence-electron chi connectivity index (χ2n) is 5.32. The van der Waals surface area contributed by atoms with Crippen molar-refractivity contribution in [1.29, 1.82) is 0 Å². The van der Waals surface area contributed by atoms with Crippen molar-refractivity contribution in [3.05, 3.63) is 66.4 Å². The molecule has 3 rings (SSSR count). The van der Waals surface area contributed by atoms with Gasteiger partial charge in [-0.3, -0.25) is 14.9 Å². The predicted molar refractivity (Wildman–Crippen MR) is 98.5 cm³/mol. The highest BCUT2D eigenvalue weighted by molar-refractivity contribution is 7.17. The second kappa shape index (κ2) is 6.59. The fraction of sp³-hybridized carbons (Fsp3) is 0.125. The van der Waals surface area contributed by atoms with Gasteiger partial charge in [0.15, 0.2) is 4.80 Å². The van der Waals surface area contributed by atoms with Crippen LogP contribution in [0.1, 0.15) is 15.9 Å². The quantitative estimate of drug-likeness (QED) is 0.473. The van der Waals surface area contributed by atoms with Crippen LogP contribution >= 0.6 is 34.5 Å². The zero-order valence-corrected chi connectivity index (χ0v) is 15.4. The molecule has 0 atom stereocenters. The van der Waals surface area contributed by atoms with Crippen molar-refractivity contribution < 1.29 is 9.72 Å². The van der Waals surface area contributed by atoms with Crippen molar-refractivity contribution in [1.82, 2.24) is 4.57 Å². The molecule has 2 aromatic carbocycles. The van der Waals surface area contributed by atoms with Gasteiger partial charge in [0.05, 0.1) is 20.2 Å². The van der Waals surface area contributed by atoms with E-state index in [9.17, 15) is 14.9 Å². The van der Waals surface area contributed by atoms with E-state index in [2.05, 4.69) is 4.99 Å². The zero-order chi connectivity index (χ0) is 18.3. The van der Waals surface area contributed by atoms with Crippen LogP contribution in [0.2, 0.25) is 10.0 Å². The number of nitro benzene ring substituents is 1. The Morgan fingerprint density at radius 2 is 2.00 bits per heavy atom. The van der Waals surface area contributed by atoms with E-state index in [0.29, 0.717) is 9.82 Å². The Hall–Kier alpha value is -2.22. The summed E-state index contributed by atoms with van der Waals surface area (Å²) in [6.07, 6.45) is 0. The molecule has 0 N–H and O–H groups in total. The molecule has 0 aliphatic rings. The minimum absolute atomic E-state index is 0.155. The summed E-state index contributed by atoms with van der Waals surface area (Å²) in [4.78, 5) is 27.5. The first-order valence-corrected chi connectivity index (χ1v) is 8.64. The Morgan fingerprint density at radius 3 is 2.64 bits per heavy atom. The molecule has 6 nitrogen and oxygen atoms in total. The minimum atomic E-state index is -0.731. The van der Waals surface area contributed by atoms with E-state index >= 15 is 0 Å². The third-order valence-electron chi connectivity index (χ3n) is 3.68. The highest BCUT2D eigenvalue weighted by atomic mass is 35.5. The van der Waals surface area contributed by atoms with Gasteiger partial charge < -0.3 is 4.57 Å². The van der Waals surface area contributed by atoms with Crippen molar-refractivity contribution in [2.75, 3.05) is 0 Å². The van der Waals surface area contributed by atoms with Crippen LogP contribution in [0.15, 0.2) is 35.3 Å². The minimum Gasteiger partial charge on any atom is -0.319 e. The van der Waals surface area contributed by atoms with E-state index < -0.39 is 10.8 Å². The molecule has 0 radical (unpaired) electrons. The molecule has 0 aliphatic heterocycles. The largest absolute Gasteiger partial charge is 0.319 e. The van der Waals surface area contributed by atoms with Gasteiger partial charge in [0.25, 0.3) is 11.6 Å². The first-order valence-electron chi connectivity index (χ1n) is 7.07. The van der Waals surface area contributed by atoms with Gasteiger partial charge in [-0.05, 0) is 30.7 Å². The number of fused-ring (bicyclic) bond motifs is 1. The molecular formula is C16H11Cl2N3O3S. The number of benzene rings is 2. The van der Waals surface area contributed by atoms with Gasteiger partial charge in [-0.15, -0.1) is 0 Å². The monoisotopic (exact) mass is 395 g/mol. The third-order valence-corrected chi connectivity index (χ3v) is 5.51. The SMILES string of the molecule is Cc1ccc(Cl)c2sc(=NC(=O)c3cc(Cl)ccc3[N+](=O)[O-])n(C)c12. The number of nitrogens with zero attached hydrogens (tertiary/aromatic N) is 3. The van der Waals surface area contributed by atoms with Crippen LogP contribution in [0.5, 0.6) is 0 Å². The number of carbonyl (C=O) groups excluding carboxylic acids is 1. The molecule has 0 spiro atoms. The molecule has 3 aromatic rings. The maximum Gasteiger partial charge on any atom is 0.286 e. The van der Waals surface area contributed by atoms with E-state index in [-0.39, 0.29) is 16.3 Å². The zero-order valence-electron chi connectivity index (χ0n) is 13.1. The van der Waals surface area contributed by atoms with Gasteiger partial charge in [-0.2, -0.15) is 4.99 Å². The topological polar surface area (TPSA) is 77.5 Å². The van der Waals surface area contributed by atoms with Crippen molar-refractivity contribution in [2.24, 2.45) is 12.0 Å². The van der Waals surface area contributed by atoms with Crippen LogP contribution in [-0.4, -0.2) is 15.4 Å². The molecule has 0 bridgehead atoms. The van der Waals surface area contributed by atoms with E-state index in [1.807, 2.05) is 13.0 Å². The number of hydrogen-bond donors (Lipinski definition) is 0. The molecule has 25 heavy (non-hydrogen) atoms. The number of amides is 1. The maximum absolute atomic E-state index is 12.5. The van der Waals surface area contributed by atoms with Gasteiger partial charge in [0.1, 0.15) is 5.56 Å². The smallest absolute Gasteiger partial charge is 0.286 e. The first kappa shape index (κ1) is 17.6. The summed E-state index contributed by atoms with van der Waals surface area (Å²) in [6, 6.07) is 7.46. The standard InChI is InChI=1S/C16H11Cl2N3O3S/c1-8-3-5-11(18)14-13(8)20(2)16(25-14)19-15(22)10-7-9(17)4-6-12(10)21(23)24/h3-7H,1-2H3. The molecule has 9 heteroatoms. The Kier molecular flexibility index (Phi) is 4.64. The summed E-state index contributed by atoms with van der Waals surface area (Å²) in [5, 5.41) is 11.9. The lowest BCUT2D eigenvalue weighted by Crippen LogP contribution is -2.14. The first-order chi connectivity index (χ1) is 11.8. The molecule has 1 heterocycles. The summed E-state index contributed by atoms with van der Waals surface area (Å²) >= 11 is 13.3. The van der Waals surface area contributed by atoms with Gasteiger partial charge in [0.2, 0.25) is 0 Å². The van der Waals surface area contributed by atoms with Gasteiger partial charge in [-0.25, -0.2) is 0 Å². The number of rotatable bonds is 2. The fourth-order valence-corrected chi connectivity index (χ4v) is 4.04. The van der Waals surface area contributed by atoms with Crippen LogP contribution in [0.25, 0.3) is 10.2 Å². The van der Waals surface area contributed by atoms with Gasteiger partial charge in [-0.1, -0.05) is 40.6 Å². The molecule has 0 saturated carbocycles. The molecule has 1 aromatic heterocycles. The summed E-state index contributed by atoms with van der Waals surface area (Å²) in [6.45, 7) is 1.93. The van der Waals surface area contributed by atoms with E-state index in [1.54, 1.807) is 17.7 Å². The molecule has 0 saturated heterocycles. The summed E-state index contributed by atoms with van der Waals surface area (Å²) < 4.78 is 2.55. The molecule has 0 unspecified atom stereocenters. The van der Waals surface area contributed by atoms with Crippen molar-refractivity contribution in [2.45, 2.75) is 6.92 Å². The number of thiazole rings is 1. The molecule has 0 fully saturated rings. The lowest BCUT2D eigenvalue weighted by molar-refractivity contribution is -0.385. The second-order valence-corrected chi connectivity index (χ2v) is 7.14. The number of carbonyl (C=O) groups is 1. The normalized spacial score (nSPS) is 11.9. The number of aryl methyl sites for hydroxylation is 2. The lowest BCUT2D eigenvalue weighted by Gasteiger charge is -2.01. The van der Waals surface area contributed by atoms with Gasteiger partial charge >= 0.3 is 0 Å². The molecule has 1 amide bonds. The third kappa shape index (κ3) is 3.18. The maximum atomic E-state index is 12.5. The number of halogens is 2. The van der Waals surface area contributed by atoms with Crippen molar-refractivity contribution >= 4 is 56.3 Å². The summed E-state index contributed by atoms with van der Waals surface area (Å²) in [5.74, 6) is -0.731. The Morgan fingerprint density at radius 1 is 1.28 bits per heavy atom. The molecular weight excluding hydrogens is 385 g/mol. The van der Waals surface area contributed by atoms with E-state index in [0.717, 1.165) is 15.8 Å². The van der Waals surface area contributed by atoms with E-state index in [4.69, 9.17) is 23.2 Å². The van der Waals surface area contributed by atoms with Crippen LogP contribution < -0.4 is 4.80 Å². The summed E-state index contributed by atoms with van der Waals surface area (Å²) in [5.41, 5.74) is 1.36. The van der Waals surface area contributed by atoms with Crippen LogP contribution in [0.4, 0.5) is 5.69 Å². The Labute approximate surface area is 156 Å². The van der Waals surface area contributed by atoms with Crippen molar-refractivity contribution in [3.63, 3.8) is 0 Å². The number of nitro groups is 1. The average Bonchev–Trinajstić information content (AvgIpc) is 2.88. The summed E-state index contributed by atoms with van der Waals surface area (Å²) in [7, 11) is 1.76. The number of aromatic nitrogens is 1. The highest BCUT2D eigenvalue weighted by Crippen LogP contribution is 2.28. The molecule has 0 aliphatic carbocycles. The predicted octanol–water partition coefficient (Wildman–Crippen LogP) is 4.50. The van der Waals surface area contributed by atoms with Crippen LogP contribution in [-0.2, 0) is 7.05 Å². The van der Waals surface area contributed by atoms with Crippen LogP contribution in [0.3, 0.4) is 0 Å². The number of hydrogen-bond acceptors (Lipinski definition) is 4. The fourth-order valence-electron chi connectivity index (χ4n) is 2.50. The van der Waals surface area contributed by atoms with Crippen LogP contribution in [0, 0.1) is 17.0 Å². The lowest BCUT2D eigenvalue weighted by atomic mass is 10.2. The molecule has 128 valence electrons. The highest BCUT2D eigenvalue weighted by Gasteiger charge is 2.20. The Balaban J connectivity index is 2.22. The average molecular weight is 396 g/mol. The van der Waals surface area contributed by atoms with E-state index in [1.165, 1.54) is 29.5 Å². The van der Waals surface area contributed by atoms with Gasteiger partial charge in [0, 0.05) is 18.1 Å². The van der Waals surface area contributed by atoms with Crippen molar-refractivity contribution in [3.8, 4) is 0 Å². The Bertz CT molecular complexity index is 1100.